The summed E-state index contributed by atoms with van der Waals surface area (Å²) in [6.45, 7) is 6.02. The van der Waals surface area contributed by atoms with E-state index in [0.717, 1.165) is 12.1 Å². The molecule has 1 unspecified atom stereocenters. The molecule has 0 aliphatic carbocycles. The molecule has 1 aliphatic heterocycles. The number of hydrogen-bond acceptors (Lipinski definition) is 4. The number of allylic oxidation sites excluding steroid dienone is 1. The molecular formula is C20H23F3N2O3. The van der Waals surface area contributed by atoms with Crippen molar-refractivity contribution in [2.75, 3.05) is 19.7 Å². The number of likely N-dealkylation sites (tertiary alicyclic amines) is 1. The van der Waals surface area contributed by atoms with Crippen LogP contribution < -0.4 is 0 Å². The van der Waals surface area contributed by atoms with Crippen LogP contribution in [0.3, 0.4) is 0 Å². The summed E-state index contributed by atoms with van der Waals surface area (Å²) in [5, 5.41) is 0. The second-order valence-electron chi connectivity index (χ2n) is 6.41. The molecule has 0 spiro atoms. The maximum atomic E-state index is 12.6. The van der Waals surface area contributed by atoms with Crippen molar-refractivity contribution < 1.29 is 27.5 Å². The lowest BCUT2D eigenvalue weighted by atomic mass is 10.1. The van der Waals surface area contributed by atoms with Crippen molar-refractivity contribution in [3.63, 3.8) is 0 Å². The van der Waals surface area contributed by atoms with Gasteiger partial charge in [0.1, 0.15) is 5.92 Å². The van der Waals surface area contributed by atoms with Gasteiger partial charge in [0, 0.05) is 18.7 Å². The Bertz CT molecular complexity index is 742. The molecule has 1 fully saturated rings. The van der Waals surface area contributed by atoms with Gasteiger partial charge in [-0.2, -0.15) is 13.2 Å². The van der Waals surface area contributed by atoms with E-state index >= 15 is 0 Å². The topological polar surface area (TPSA) is 59.0 Å². The Labute approximate surface area is 161 Å². The number of amides is 1. The predicted molar refractivity (Wildman–Crippen MR) is 98.7 cm³/mol. The van der Waals surface area contributed by atoms with Crippen molar-refractivity contribution in [1.29, 1.82) is 0 Å². The summed E-state index contributed by atoms with van der Waals surface area (Å²) in [6.07, 6.45) is -1.91. The van der Waals surface area contributed by atoms with Gasteiger partial charge < -0.3 is 9.64 Å². The Morgan fingerprint density at radius 1 is 1.32 bits per heavy atom. The standard InChI is InChI=1S/C20H23F3N2O3/c1-3-5-6-18(26)25-12-16(19(27)28-4-2)17(13-25)24-11-14-7-9-15(10-8-14)20(21,22)23/h3,7-10,16H,1,4-6,11-13H2,2H3. The Kier molecular flexibility index (Phi) is 7.37. The van der Waals surface area contributed by atoms with E-state index in [1.54, 1.807) is 17.9 Å². The fourth-order valence-corrected chi connectivity index (χ4v) is 2.88. The first kappa shape index (κ1) is 21.7. The molecule has 0 bridgehead atoms. The van der Waals surface area contributed by atoms with Crippen molar-refractivity contribution in [1.82, 2.24) is 4.90 Å². The number of rotatable bonds is 7. The van der Waals surface area contributed by atoms with Gasteiger partial charge in [0.25, 0.3) is 0 Å². The maximum Gasteiger partial charge on any atom is 0.416 e. The molecule has 1 aromatic carbocycles. The van der Waals surface area contributed by atoms with Crippen LogP contribution in [-0.4, -0.2) is 42.2 Å². The van der Waals surface area contributed by atoms with Crippen LogP contribution in [-0.2, 0) is 27.0 Å². The lowest BCUT2D eigenvalue weighted by molar-refractivity contribution is -0.145. The van der Waals surface area contributed by atoms with Crippen LogP contribution in [0.15, 0.2) is 41.9 Å². The van der Waals surface area contributed by atoms with Gasteiger partial charge in [0.2, 0.25) is 5.91 Å². The summed E-state index contributed by atoms with van der Waals surface area (Å²) < 4.78 is 43.0. The van der Waals surface area contributed by atoms with E-state index in [9.17, 15) is 22.8 Å². The summed E-state index contributed by atoms with van der Waals surface area (Å²) >= 11 is 0. The average Bonchev–Trinajstić information content (AvgIpc) is 3.09. The van der Waals surface area contributed by atoms with Crippen molar-refractivity contribution in [2.24, 2.45) is 10.9 Å². The van der Waals surface area contributed by atoms with E-state index in [0.29, 0.717) is 24.1 Å². The van der Waals surface area contributed by atoms with Gasteiger partial charge in [0.15, 0.2) is 0 Å². The van der Waals surface area contributed by atoms with Crippen LogP contribution in [0.2, 0.25) is 0 Å². The molecule has 0 aromatic heterocycles. The highest BCUT2D eigenvalue weighted by Crippen LogP contribution is 2.29. The van der Waals surface area contributed by atoms with E-state index in [1.165, 1.54) is 12.1 Å². The zero-order chi connectivity index (χ0) is 20.7. The van der Waals surface area contributed by atoms with Crippen LogP contribution in [0.4, 0.5) is 13.2 Å². The third-order valence-electron chi connectivity index (χ3n) is 4.39. The molecule has 1 aliphatic rings. The van der Waals surface area contributed by atoms with Crippen molar-refractivity contribution in [3.8, 4) is 0 Å². The van der Waals surface area contributed by atoms with Gasteiger partial charge in [-0.1, -0.05) is 18.2 Å². The van der Waals surface area contributed by atoms with E-state index in [2.05, 4.69) is 11.6 Å². The first-order chi connectivity index (χ1) is 13.3. The molecule has 1 aromatic rings. The monoisotopic (exact) mass is 396 g/mol. The van der Waals surface area contributed by atoms with Crippen molar-refractivity contribution in [3.05, 3.63) is 48.0 Å². The number of ether oxygens (including phenoxy) is 1. The van der Waals surface area contributed by atoms with Crippen LogP contribution >= 0.6 is 0 Å². The quantitative estimate of drug-likeness (QED) is 0.522. The van der Waals surface area contributed by atoms with Crippen molar-refractivity contribution >= 4 is 17.6 Å². The summed E-state index contributed by atoms with van der Waals surface area (Å²) in [6, 6.07) is 4.71. The van der Waals surface area contributed by atoms with Gasteiger partial charge >= 0.3 is 12.1 Å². The Balaban J connectivity index is 2.13. The summed E-state index contributed by atoms with van der Waals surface area (Å²) in [5.41, 5.74) is 0.359. The molecule has 0 radical (unpaired) electrons. The van der Waals surface area contributed by atoms with Crippen LogP contribution in [0.25, 0.3) is 0 Å². The maximum absolute atomic E-state index is 12.6. The average molecular weight is 396 g/mol. The summed E-state index contributed by atoms with van der Waals surface area (Å²) in [4.78, 5) is 30.4. The zero-order valence-electron chi connectivity index (χ0n) is 15.7. The minimum absolute atomic E-state index is 0.103. The molecule has 28 heavy (non-hydrogen) atoms. The van der Waals surface area contributed by atoms with E-state index in [-0.39, 0.29) is 32.1 Å². The number of benzene rings is 1. The predicted octanol–water partition coefficient (Wildman–Crippen LogP) is 3.63. The first-order valence-corrected chi connectivity index (χ1v) is 9.01. The lowest BCUT2D eigenvalue weighted by Crippen LogP contribution is -2.30. The number of esters is 1. The molecule has 1 saturated heterocycles. The molecule has 2 rings (SSSR count). The SMILES string of the molecule is C=CCCC(=O)N1CC(=NCc2ccc(C(F)(F)F)cc2)C(C(=O)OCC)C1. The molecule has 8 heteroatoms. The third kappa shape index (κ3) is 5.68. The number of aliphatic imine (C=N–C) groups is 1. The minimum Gasteiger partial charge on any atom is -0.465 e. The molecule has 152 valence electrons. The zero-order valence-corrected chi connectivity index (χ0v) is 15.7. The van der Waals surface area contributed by atoms with E-state index in [4.69, 9.17) is 4.74 Å². The number of halogens is 3. The second kappa shape index (κ2) is 9.52. The van der Waals surface area contributed by atoms with Gasteiger partial charge in [-0.05, 0) is 31.0 Å². The van der Waals surface area contributed by atoms with Gasteiger partial charge in [-0.25, -0.2) is 0 Å². The Morgan fingerprint density at radius 2 is 2.00 bits per heavy atom. The fourth-order valence-electron chi connectivity index (χ4n) is 2.88. The highest BCUT2D eigenvalue weighted by Gasteiger charge is 2.37. The van der Waals surface area contributed by atoms with E-state index < -0.39 is 23.6 Å². The highest BCUT2D eigenvalue weighted by molar-refractivity contribution is 6.07. The molecule has 1 atom stereocenters. The summed E-state index contributed by atoms with van der Waals surface area (Å²) in [7, 11) is 0. The smallest absolute Gasteiger partial charge is 0.416 e. The fraction of sp³-hybridized carbons (Fsp3) is 0.450. The molecule has 0 saturated carbocycles. The first-order valence-electron chi connectivity index (χ1n) is 9.01. The van der Waals surface area contributed by atoms with Crippen LogP contribution in [0.1, 0.15) is 30.9 Å². The number of alkyl halides is 3. The molecule has 1 heterocycles. The van der Waals surface area contributed by atoms with Crippen LogP contribution in [0.5, 0.6) is 0 Å². The molecule has 0 N–H and O–H groups in total. The highest BCUT2D eigenvalue weighted by atomic mass is 19.4. The second-order valence-corrected chi connectivity index (χ2v) is 6.41. The Hall–Kier alpha value is -2.64. The number of nitrogens with zero attached hydrogens (tertiary/aromatic N) is 2. The lowest BCUT2D eigenvalue weighted by Gasteiger charge is -2.14. The van der Waals surface area contributed by atoms with Gasteiger partial charge in [-0.3, -0.25) is 14.6 Å². The van der Waals surface area contributed by atoms with Crippen LogP contribution in [0, 0.1) is 5.92 Å². The molecular weight excluding hydrogens is 373 g/mol. The molecule has 1 amide bonds. The van der Waals surface area contributed by atoms with Crippen molar-refractivity contribution in [2.45, 2.75) is 32.5 Å². The van der Waals surface area contributed by atoms with E-state index in [1.807, 2.05) is 0 Å². The number of carbonyl (C=O) groups is 2. The summed E-state index contributed by atoms with van der Waals surface area (Å²) in [5.74, 6) is -1.20. The minimum atomic E-state index is -4.39. The normalized spacial score (nSPS) is 18.4. The third-order valence-corrected chi connectivity index (χ3v) is 4.39. The number of hydrogen-bond donors (Lipinski definition) is 0. The largest absolute Gasteiger partial charge is 0.465 e. The molecule has 5 nitrogen and oxygen atoms in total. The van der Waals surface area contributed by atoms with Gasteiger partial charge in [-0.15, -0.1) is 6.58 Å². The Morgan fingerprint density at radius 3 is 2.57 bits per heavy atom. The number of carbonyl (C=O) groups excluding carboxylic acids is 2. The van der Waals surface area contributed by atoms with Gasteiger partial charge in [0.05, 0.1) is 25.3 Å².